The van der Waals surface area contributed by atoms with E-state index in [1.54, 1.807) is 42.5 Å². The number of aromatic nitrogens is 1. The van der Waals surface area contributed by atoms with Gasteiger partial charge in [-0.2, -0.15) is 0 Å². The summed E-state index contributed by atoms with van der Waals surface area (Å²) in [5, 5.41) is 2.71. The lowest BCUT2D eigenvalue weighted by atomic mass is 10.2. The van der Waals surface area contributed by atoms with Gasteiger partial charge in [0.2, 0.25) is 12.7 Å². The topological polar surface area (TPSA) is 69.7 Å². The van der Waals surface area contributed by atoms with E-state index in [-0.39, 0.29) is 24.3 Å². The number of fused-ring (bicyclic) bond motifs is 1. The summed E-state index contributed by atoms with van der Waals surface area (Å²) in [6, 6.07) is 14.1. The summed E-state index contributed by atoms with van der Waals surface area (Å²) in [7, 11) is 0. The van der Waals surface area contributed by atoms with Crippen LogP contribution in [0.4, 0.5) is 10.1 Å². The van der Waals surface area contributed by atoms with Gasteiger partial charge in [-0.15, -0.1) is 0 Å². The van der Waals surface area contributed by atoms with E-state index in [9.17, 15) is 9.18 Å². The predicted octanol–water partition coefficient (Wildman–Crippen LogP) is 3.99. The molecule has 0 fully saturated rings. The van der Waals surface area contributed by atoms with E-state index >= 15 is 0 Å². The molecule has 130 valence electrons. The van der Waals surface area contributed by atoms with Crippen molar-refractivity contribution in [3.63, 3.8) is 0 Å². The highest BCUT2D eigenvalue weighted by Gasteiger charge is 2.18. The van der Waals surface area contributed by atoms with Crippen LogP contribution in [0.1, 0.15) is 10.4 Å². The van der Waals surface area contributed by atoms with Crippen molar-refractivity contribution in [1.82, 2.24) is 4.98 Å². The van der Waals surface area contributed by atoms with Crippen LogP contribution in [-0.2, 0) is 0 Å². The first-order chi connectivity index (χ1) is 12.7. The van der Waals surface area contributed by atoms with Crippen LogP contribution in [0.25, 0.3) is 0 Å². The Morgan fingerprint density at radius 1 is 1.08 bits per heavy atom. The molecule has 2 heterocycles. The molecular weight excluding hydrogens is 339 g/mol. The highest BCUT2D eigenvalue weighted by Crippen LogP contribution is 2.33. The second-order valence-corrected chi connectivity index (χ2v) is 5.41. The lowest BCUT2D eigenvalue weighted by Crippen LogP contribution is -2.13. The van der Waals surface area contributed by atoms with Gasteiger partial charge < -0.3 is 19.5 Å². The monoisotopic (exact) mass is 352 g/mol. The zero-order chi connectivity index (χ0) is 17.9. The number of nitrogens with zero attached hydrogens (tertiary/aromatic N) is 1. The minimum absolute atomic E-state index is 0.0183. The molecule has 26 heavy (non-hydrogen) atoms. The Hall–Kier alpha value is -3.61. The molecule has 1 aromatic heterocycles. The molecule has 1 amide bonds. The van der Waals surface area contributed by atoms with Crippen LogP contribution in [-0.4, -0.2) is 17.7 Å². The number of benzene rings is 2. The lowest BCUT2D eigenvalue weighted by molar-refractivity contribution is 0.102. The number of para-hydroxylation sites is 1. The summed E-state index contributed by atoms with van der Waals surface area (Å²) >= 11 is 0. The van der Waals surface area contributed by atoms with E-state index in [4.69, 9.17) is 14.2 Å². The first-order valence-corrected chi connectivity index (χ1v) is 7.79. The lowest BCUT2D eigenvalue weighted by Gasteiger charge is -2.11. The largest absolute Gasteiger partial charge is 0.454 e. The van der Waals surface area contributed by atoms with Crippen molar-refractivity contribution in [3.05, 3.63) is 72.2 Å². The summed E-state index contributed by atoms with van der Waals surface area (Å²) in [5.41, 5.74) is 0.702. The van der Waals surface area contributed by atoms with Crippen LogP contribution in [0.5, 0.6) is 23.1 Å². The van der Waals surface area contributed by atoms with Gasteiger partial charge in [0.1, 0.15) is 5.69 Å². The van der Waals surface area contributed by atoms with Crippen molar-refractivity contribution in [3.8, 4) is 23.1 Å². The Kier molecular flexibility index (Phi) is 4.10. The fraction of sp³-hybridized carbons (Fsp3) is 0.0526. The molecule has 0 bridgehead atoms. The van der Waals surface area contributed by atoms with Crippen molar-refractivity contribution in [1.29, 1.82) is 0 Å². The second-order valence-electron chi connectivity index (χ2n) is 5.41. The third-order valence-corrected chi connectivity index (χ3v) is 3.70. The van der Waals surface area contributed by atoms with Crippen LogP contribution in [0, 0.1) is 5.82 Å². The molecule has 0 unspecified atom stereocenters. The zero-order valence-electron chi connectivity index (χ0n) is 13.4. The molecule has 0 atom stereocenters. The molecule has 0 spiro atoms. The van der Waals surface area contributed by atoms with Gasteiger partial charge in [-0.1, -0.05) is 12.1 Å². The number of hydrogen-bond donors (Lipinski definition) is 1. The molecule has 3 aromatic rings. The maximum absolute atomic E-state index is 13.8. The Morgan fingerprint density at radius 3 is 2.81 bits per heavy atom. The van der Waals surface area contributed by atoms with Crippen LogP contribution in [0.2, 0.25) is 0 Å². The van der Waals surface area contributed by atoms with Crippen molar-refractivity contribution in [2.24, 2.45) is 0 Å². The average molecular weight is 352 g/mol. The Morgan fingerprint density at radius 2 is 1.92 bits per heavy atom. The number of ether oxygens (including phenoxy) is 3. The summed E-state index contributed by atoms with van der Waals surface area (Å²) in [6.07, 6.45) is 1.49. The van der Waals surface area contributed by atoms with Gasteiger partial charge in [0.25, 0.3) is 5.91 Å². The second kappa shape index (κ2) is 6.72. The fourth-order valence-electron chi connectivity index (χ4n) is 2.43. The number of anilines is 1. The van der Waals surface area contributed by atoms with Gasteiger partial charge in [-0.05, 0) is 42.5 Å². The molecule has 6 nitrogen and oxygen atoms in total. The maximum Gasteiger partial charge on any atom is 0.255 e. The Labute approximate surface area is 148 Å². The molecule has 1 N–H and O–H groups in total. The molecule has 2 aromatic carbocycles. The number of carbonyl (C=O) groups is 1. The summed E-state index contributed by atoms with van der Waals surface area (Å²) in [4.78, 5) is 16.6. The number of halogens is 1. The third kappa shape index (κ3) is 3.14. The molecule has 0 saturated heterocycles. The molecule has 1 aliphatic rings. The van der Waals surface area contributed by atoms with Gasteiger partial charge in [0.15, 0.2) is 23.1 Å². The number of nitrogens with one attached hydrogen (secondary N) is 1. The van der Waals surface area contributed by atoms with E-state index in [1.165, 1.54) is 18.3 Å². The van der Waals surface area contributed by atoms with E-state index in [0.29, 0.717) is 22.7 Å². The summed E-state index contributed by atoms with van der Waals surface area (Å²) in [6.45, 7) is 0.129. The Bertz CT molecular complexity index is 977. The first-order valence-electron chi connectivity index (χ1n) is 7.79. The third-order valence-electron chi connectivity index (χ3n) is 3.70. The summed E-state index contributed by atoms with van der Waals surface area (Å²) < 4.78 is 29.8. The van der Waals surface area contributed by atoms with Gasteiger partial charge in [-0.25, -0.2) is 9.37 Å². The van der Waals surface area contributed by atoms with Gasteiger partial charge in [-0.3, -0.25) is 4.79 Å². The van der Waals surface area contributed by atoms with E-state index in [1.807, 2.05) is 0 Å². The average Bonchev–Trinajstić information content (AvgIpc) is 3.13. The molecule has 1 aliphatic heterocycles. The first kappa shape index (κ1) is 15.9. The van der Waals surface area contributed by atoms with Crippen LogP contribution in [0.3, 0.4) is 0 Å². The number of pyridine rings is 1. The minimum atomic E-state index is -0.522. The van der Waals surface area contributed by atoms with E-state index < -0.39 is 5.82 Å². The fourth-order valence-corrected chi connectivity index (χ4v) is 2.43. The minimum Gasteiger partial charge on any atom is -0.454 e. The van der Waals surface area contributed by atoms with Gasteiger partial charge >= 0.3 is 0 Å². The van der Waals surface area contributed by atoms with Crippen molar-refractivity contribution >= 4 is 11.6 Å². The zero-order valence-corrected chi connectivity index (χ0v) is 13.4. The number of hydrogen-bond acceptors (Lipinski definition) is 5. The quantitative estimate of drug-likeness (QED) is 0.769. The highest BCUT2D eigenvalue weighted by molar-refractivity contribution is 6.05. The number of carbonyl (C=O) groups excluding carboxylic acids is 1. The van der Waals surface area contributed by atoms with Crippen molar-refractivity contribution in [2.75, 3.05) is 12.1 Å². The Balaban J connectivity index is 1.57. The molecule has 0 saturated carbocycles. The predicted molar refractivity (Wildman–Crippen MR) is 91.2 cm³/mol. The van der Waals surface area contributed by atoms with E-state index in [0.717, 1.165) is 0 Å². The SMILES string of the molecule is O=C(Nc1cccnc1Oc1ccccc1F)c1ccc2c(c1)OCO2. The van der Waals surface area contributed by atoms with Crippen LogP contribution < -0.4 is 19.5 Å². The molecule has 7 heteroatoms. The molecule has 4 rings (SSSR count). The van der Waals surface area contributed by atoms with Gasteiger partial charge in [0.05, 0.1) is 0 Å². The number of amides is 1. The molecule has 0 aliphatic carbocycles. The highest BCUT2D eigenvalue weighted by atomic mass is 19.1. The number of rotatable bonds is 4. The standard InChI is InChI=1S/C19H13FN2O4/c20-13-4-1-2-6-15(13)26-19-14(5-3-9-21-19)22-18(23)12-7-8-16-17(10-12)25-11-24-16/h1-10H,11H2,(H,22,23). The van der Waals surface area contributed by atoms with Crippen LogP contribution in [0.15, 0.2) is 60.8 Å². The van der Waals surface area contributed by atoms with Crippen molar-refractivity contribution < 1.29 is 23.4 Å². The van der Waals surface area contributed by atoms with Gasteiger partial charge in [0, 0.05) is 11.8 Å². The molecule has 0 radical (unpaired) electrons. The van der Waals surface area contributed by atoms with E-state index in [2.05, 4.69) is 10.3 Å². The van der Waals surface area contributed by atoms with Crippen molar-refractivity contribution in [2.45, 2.75) is 0 Å². The maximum atomic E-state index is 13.8. The molecular formula is C19H13FN2O4. The van der Waals surface area contributed by atoms with Crippen LogP contribution >= 0.6 is 0 Å². The normalized spacial score (nSPS) is 11.9. The smallest absolute Gasteiger partial charge is 0.255 e. The summed E-state index contributed by atoms with van der Waals surface area (Å²) in [5.74, 6) is 0.301.